The number of nitrogens with zero attached hydrogens (tertiary/aromatic N) is 12. The smallest absolute Gasteiger partial charge is 0.244 e. The average molecular weight is 1090 g/mol. The molecule has 6 aliphatic heterocycles. The SMILES string of the molecule is CCCCCCCCn1cc[n+](Cc2ccc(Cn3cc[n+](Cc4ccc(C[N+]56CC[N+](C/C=C/C[N+]78CC[N+](Cc9ccc(C[n+]%10ccn(Cc%11ccc(Cn%12cc[n+](C)c%12)cc%11)c%10)cc9)(CC7)CC8)(CC5)CC6)cc4)c3)cc2)c1. The third kappa shape index (κ3) is 14.1. The Hall–Kier alpha value is -6.70. The Balaban J connectivity index is 0.535. The molecule has 6 fully saturated rings. The molecule has 12 heteroatoms. The van der Waals surface area contributed by atoms with Crippen molar-refractivity contribution >= 4 is 0 Å². The van der Waals surface area contributed by atoms with E-state index in [1.807, 2.05) is 0 Å². The van der Waals surface area contributed by atoms with Crippen LogP contribution in [0.3, 0.4) is 0 Å². The summed E-state index contributed by atoms with van der Waals surface area (Å²) in [4.78, 5) is 0. The highest BCUT2D eigenvalue weighted by atomic mass is 15.5. The van der Waals surface area contributed by atoms with Crippen LogP contribution < -0.4 is 18.3 Å². The van der Waals surface area contributed by atoms with Gasteiger partial charge in [-0.05, 0) is 58.4 Å². The second-order valence-corrected chi connectivity index (χ2v) is 25.8. The minimum Gasteiger partial charge on any atom is -0.306 e. The summed E-state index contributed by atoms with van der Waals surface area (Å²) in [5.41, 5.74) is 11.1. The summed E-state index contributed by atoms with van der Waals surface area (Å²) in [5.74, 6) is 0. The van der Waals surface area contributed by atoms with Gasteiger partial charge in [0.25, 0.3) is 0 Å². The molecule has 14 rings (SSSR count). The zero-order chi connectivity index (χ0) is 55.0. The Labute approximate surface area is 483 Å². The van der Waals surface area contributed by atoms with E-state index in [2.05, 4.69) is 235 Å². The predicted molar refractivity (Wildman–Crippen MR) is 319 cm³/mol. The fourth-order valence-electron chi connectivity index (χ4n) is 14.1. The Morgan fingerprint density at radius 2 is 0.679 bits per heavy atom. The van der Waals surface area contributed by atoms with E-state index in [4.69, 9.17) is 0 Å². The largest absolute Gasteiger partial charge is 0.306 e. The molecule has 4 aromatic carbocycles. The molecular formula is C69H94N12+8. The summed E-state index contributed by atoms with van der Waals surface area (Å²) in [6.07, 6.45) is 39.6. The maximum Gasteiger partial charge on any atom is 0.244 e. The van der Waals surface area contributed by atoms with Crippen molar-refractivity contribution in [2.24, 2.45) is 7.05 Å². The second-order valence-electron chi connectivity index (χ2n) is 25.8. The van der Waals surface area contributed by atoms with Crippen molar-refractivity contribution < 1.29 is 36.2 Å². The van der Waals surface area contributed by atoms with Gasteiger partial charge in [0.05, 0.1) is 26.7 Å². The fourth-order valence-corrected chi connectivity index (χ4v) is 14.1. The lowest BCUT2D eigenvalue weighted by atomic mass is 10.0. The molecule has 0 N–H and O–H groups in total. The molecule has 422 valence electrons. The molecule has 0 radical (unpaired) electrons. The average Bonchev–Trinajstić information content (AvgIpc) is 4.54. The monoisotopic (exact) mass is 1090 g/mol. The first kappa shape index (κ1) is 54.9. The lowest BCUT2D eigenvalue weighted by Gasteiger charge is -2.55. The Bertz CT molecular complexity index is 3250. The lowest BCUT2D eigenvalue weighted by molar-refractivity contribution is -1.08. The van der Waals surface area contributed by atoms with Gasteiger partial charge >= 0.3 is 0 Å². The van der Waals surface area contributed by atoms with Crippen molar-refractivity contribution in [1.82, 2.24) is 18.3 Å². The van der Waals surface area contributed by atoms with Crippen molar-refractivity contribution in [2.45, 2.75) is 104 Å². The quantitative estimate of drug-likeness (QED) is 0.0218. The number of benzene rings is 4. The number of quaternary nitrogens is 4. The first-order chi connectivity index (χ1) is 39.6. The minimum atomic E-state index is 0.880. The topological polar surface area (TPSA) is 35.2 Å². The van der Waals surface area contributed by atoms with Gasteiger partial charge in [-0.3, -0.25) is 0 Å². The molecule has 8 aromatic rings. The van der Waals surface area contributed by atoms with Crippen molar-refractivity contribution in [1.29, 1.82) is 0 Å². The van der Waals surface area contributed by atoms with Crippen LogP contribution in [0.1, 0.15) is 90.0 Å². The Morgan fingerprint density at radius 3 is 1.07 bits per heavy atom. The van der Waals surface area contributed by atoms with Gasteiger partial charge in [-0.1, -0.05) is 130 Å². The third-order valence-electron chi connectivity index (χ3n) is 19.6. The van der Waals surface area contributed by atoms with Crippen LogP contribution in [0.25, 0.3) is 0 Å². The number of hydrogen-bond acceptors (Lipinski definition) is 0. The van der Waals surface area contributed by atoms with E-state index in [1.54, 1.807) is 0 Å². The first-order valence-electron chi connectivity index (χ1n) is 31.2. The zero-order valence-corrected chi connectivity index (χ0v) is 49.2. The highest BCUT2D eigenvalue weighted by Crippen LogP contribution is 2.31. The van der Waals surface area contributed by atoms with Crippen LogP contribution in [0.15, 0.2) is 184 Å². The van der Waals surface area contributed by atoms with E-state index >= 15 is 0 Å². The lowest BCUT2D eigenvalue weighted by Crippen LogP contribution is -2.74. The van der Waals surface area contributed by atoms with Gasteiger partial charge in [0.1, 0.15) is 180 Å². The molecule has 0 unspecified atom stereocenters. The summed E-state index contributed by atoms with van der Waals surface area (Å²) < 4.78 is 23.3. The number of piperazine rings is 6. The molecule has 0 spiro atoms. The Morgan fingerprint density at radius 1 is 0.358 bits per heavy atom. The molecule has 6 aliphatic rings. The zero-order valence-electron chi connectivity index (χ0n) is 49.2. The summed E-state index contributed by atoms with van der Waals surface area (Å²) in [7, 11) is 2.06. The van der Waals surface area contributed by atoms with Gasteiger partial charge in [-0.25, -0.2) is 36.5 Å². The van der Waals surface area contributed by atoms with Gasteiger partial charge in [0.15, 0.2) is 0 Å². The summed E-state index contributed by atoms with van der Waals surface area (Å²) >= 11 is 0. The van der Waals surface area contributed by atoms with E-state index < -0.39 is 0 Å². The number of fused-ring (bicyclic) bond motifs is 6. The van der Waals surface area contributed by atoms with Crippen molar-refractivity contribution in [3.05, 3.63) is 229 Å². The van der Waals surface area contributed by atoms with Crippen LogP contribution in [0.4, 0.5) is 0 Å². The number of aromatic nitrogens is 8. The summed E-state index contributed by atoms with van der Waals surface area (Å²) in [6.45, 7) is 29.4. The normalized spacial score (nSPS) is 22.3. The molecule has 81 heavy (non-hydrogen) atoms. The van der Waals surface area contributed by atoms with Gasteiger partial charge in [0, 0.05) is 11.1 Å². The fraction of sp³-hybridized carbons (Fsp3) is 0.449. The number of rotatable bonds is 27. The third-order valence-corrected chi connectivity index (χ3v) is 19.6. The van der Waals surface area contributed by atoms with Gasteiger partial charge < -0.3 is 17.9 Å². The molecule has 0 amide bonds. The van der Waals surface area contributed by atoms with Crippen LogP contribution in [0.2, 0.25) is 0 Å². The van der Waals surface area contributed by atoms with Crippen LogP contribution in [-0.4, -0.2) is 128 Å². The highest BCUT2D eigenvalue weighted by Gasteiger charge is 2.50. The molecule has 4 aromatic heterocycles. The van der Waals surface area contributed by atoms with Gasteiger partial charge in [0.2, 0.25) is 25.3 Å². The molecule has 0 atom stereocenters. The van der Waals surface area contributed by atoms with E-state index in [0.717, 1.165) is 45.8 Å². The van der Waals surface area contributed by atoms with Crippen LogP contribution in [-0.2, 0) is 66.0 Å². The standard InChI is InChI=1S/C69H94N12/c1-3-4-5-6-7-8-27-71-30-31-73(59-71)51-63-15-17-65(18-16-63)53-75-33-35-77(61-75)55-67-21-25-69(26-22-67)57-81-47-41-79(42-48-81,43-49-81)37-10-9-36-78-38-44-80(45-39-78,46-40-78)56-68-23-19-66(20-24-68)54-76-34-32-74(60-76)52-64-13-11-62(12-14-64)50-72-29-28-70(2)58-72/h9-26,28-35,58-61H,3-8,27,36-57H2,1-2H3/q+8/b10-9+. The molecule has 12 nitrogen and oxygen atoms in total. The molecule has 6 saturated heterocycles. The maximum absolute atomic E-state index is 2.60. The van der Waals surface area contributed by atoms with Crippen molar-refractivity contribution in [3.63, 3.8) is 0 Å². The number of hydrogen-bond donors (Lipinski definition) is 0. The second kappa shape index (κ2) is 24.8. The van der Waals surface area contributed by atoms with Gasteiger partial charge in [-0.15, -0.1) is 0 Å². The Kier molecular flexibility index (Phi) is 16.8. The summed E-state index contributed by atoms with van der Waals surface area (Å²) in [6, 6.07) is 37.4. The molecular weight excluding hydrogens is 997 g/mol. The maximum atomic E-state index is 2.60. The summed E-state index contributed by atoms with van der Waals surface area (Å²) in [5, 5.41) is 0. The van der Waals surface area contributed by atoms with E-state index in [1.165, 1.54) is 206 Å². The predicted octanol–water partition coefficient (Wildman–Crippen LogP) is 7.81. The minimum absolute atomic E-state index is 0.880. The molecule has 0 aliphatic carbocycles. The first-order valence-corrected chi connectivity index (χ1v) is 31.2. The van der Waals surface area contributed by atoms with Crippen LogP contribution in [0, 0.1) is 0 Å². The molecule has 0 saturated carbocycles. The van der Waals surface area contributed by atoms with Crippen molar-refractivity contribution in [3.8, 4) is 0 Å². The van der Waals surface area contributed by atoms with Crippen LogP contribution in [0.5, 0.6) is 0 Å². The number of aryl methyl sites for hydroxylation is 2. The molecule has 4 bridgehead atoms. The van der Waals surface area contributed by atoms with E-state index in [0.29, 0.717) is 0 Å². The van der Waals surface area contributed by atoms with E-state index in [9.17, 15) is 0 Å². The van der Waals surface area contributed by atoms with E-state index in [-0.39, 0.29) is 0 Å². The van der Waals surface area contributed by atoms with Crippen LogP contribution >= 0.6 is 0 Å². The molecule has 10 heterocycles. The number of imidazole rings is 4. The highest BCUT2D eigenvalue weighted by molar-refractivity contribution is 5.25. The van der Waals surface area contributed by atoms with Gasteiger partial charge in [-0.2, -0.15) is 0 Å². The van der Waals surface area contributed by atoms with Crippen molar-refractivity contribution in [2.75, 3.05) is 91.6 Å². The number of unbranched alkanes of at least 4 members (excludes halogenated alkanes) is 5.